The molecule has 0 fully saturated rings. The SMILES string of the molecule is C=C/C=C(\C=C)C(CNC)C(=O)O. The quantitative estimate of drug-likeness (QED) is 0.605. The molecular weight excluding hydrogens is 166 g/mol. The molecule has 0 aromatic carbocycles. The van der Waals surface area contributed by atoms with Crippen molar-refractivity contribution in [3.8, 4) is 0 Å². The van der Waals surface area contributed by atoms with Crippen molar-refractivity contribution in [3.05, 3.63) is 37.0 Å². The molecule has 3 nitrogen and oxygen atoms in total. The van der Waals surface area contributed by atoms with Gasteiger partial charge in [0.25, 0.3) is 0 Å². The zero-order chi connectivity index (χ0) is 10.3. The molecule has 2 N–H and O–H groups in total. The molecule has 0 aromatic heterocycles. The Morgan fingerprint density at radius 3 is 2.54 bits per heavy atom. The largest absolute Gasteiger partial charge is 0.481 e. The monoisotopic (exact) mass is 181 g/mol. The first kappa shape index (κ1) is 11.6. The number of rotatable bonds is 6. The summed E-state index contributed by atoms with van der Waals surface area (Å²) in [7, 11) is 1.71. The van der Waals surface area contributed by atoms with Crippen LogP contribution < -0.4 is 5.32 Å². The van der Waals surface area contributed by atoms with Gasteiger partial charge in [0.05, 0.1) is 5.92 Å². The first-order valence-electron chi connectivity index (χ1n) is 3.99. The fourth-order valence-electron chi connectivity index (χ4n) is 1.01. The van der Waals surface area contributed by atoms with E-state index in [1.165, 1.54) is 6.08 Å². The summed E-state index contributed by atoms with van der Waals surface area (Å²) in [6.45, 7) is 7.46. The molecule has 0 heterocycles. The Bertz CT molecular complexity index is 231. The topological polar surface area (TPSA) is 49.3 Å². The third-order valence-electron chi connectivity index (χ3n) is 1.65. The molecule has 1 atom stereocenters. The second-order valence-corrected chi connectivity index (χ2v) is 2.55. The van der Waals surface area contributed by atoms with Gasteiger partial charge in [0.2, 0.25) is 0 Å². The van der Waals surface area contributed by atoms with E-state index in [-0.39, 0.29) is 0 Å². The highest BCUT2D eigenvalue weighted by Crippen LogP contribution is 2.11. The van der Waals surface area contributed by atoms with Crippen LogP contribution in [-0.4, -0.2) is 24.7 Å². The van der Waals surface area contributed by atoms with Gasteiger partial charge >= 0.3 is 5.97 Å². The predicted molar refractivity (Wildman–Crippen MR) is 53.5 cm³/mol. The molecule has 1 unspecified atom stereocenters. The van der Waals surface area contributed by atoms with Crippen LogP contribution in [0.25, 0.3) is 0 Å². The minimum absolute atomic E-state index is 0.390. The normalized spacial score (nSPS) is 13.5. The summed E-state index contributed by atoms with van der Waals surface area (Å²) in [5.41, 5.74) is 0.664. The highest BCUT2D eigenvalue weighted by atomic mass is 16.4. The molecule has 72 valence electrons. The number of carbonyl (C=O) groups is 1. The fraction of sp³-hybridized carbons (Fsp3) is 0.300. The van der Waals surface area contributed by atoms with E-state index in [0.717, 1.165) is 0 Å². The molecular formula is C10H15NO2. The highest BCUT2D eigenvalue weighted by Gasteiger charge is 2.18. The summed E-state index contributed by atoms with van der Waals surface area (Å²) in [6, 6.07) is 0. The van der Waals surface area contributed by atoms with Crippen LogP contribution in [0, 0.1) is 5.92 Å². The van der Waals surface area contributed by atoms with Gasteiger partial charge in [0.15, 0.2) is 0 Å². The molecule has 0 aliphatic rings. The van der Waals surface area contributed by atoms with Crippen molar-refractivity contribution in [2.75, 3.05) is 13.6 Å². The van der Waals surface area contributed by atoms with E-state index in [9.17, 15) is 4.79 Å². The van der Waals surface area contributed by atoms with Gasteiger partial charge in [-0.1, -0.05) is 31.4 Å². The molecule has 0 aliphatic heterocycles. The molecule has 0 aliphatic carbocycles. The number of hydrogen-bond acceptors (Lipinski definition) is 2. The second kappa shape index (κ2) is 6.20. The average Bonchev–Trinajstić information content (AvgIpc) is 2.10. The van der Waals surface area contributed by atoms with Crippen LogP contribution in [0.15, 0.2) is 37.0 Å². The standard InChI is InChI=1S/C10H15NO2/c1-4-6-8(5-2)9(7-11-3)10(12)13/h4-6,9,11H,1-2,7H2,3H3,(H,12,13)/b8-6+. The zero-order valence-corrected chi connectivity index (χ0v) is 7.79. The Kier molecular flexibility index (Phi) is 5.55. The van der Waals surface area contributed by atoms with Gasteiger partial charge in [-0.3, -0.25) is 4.79 Å². The lowest BCUT2D eigenvalue weighted by Gasteiger charge is -2.12. The van der Waals surface area contributed by atoms with E-state index in [1.807, 2.05) is 0 Å². The van der Waals surface area contributed by atoms with Gasteiger partial charge in [-0.25, -0.2) is 0 Å². The molecule has 0 saturated heterocycles. The molecule has 0 saturated carbocycles. The summed E-state index contributed by atoms with van der Waals surface area (Å²) in [4.78, 5) is 10.8. The smallest absolute Gasteiger partial charge is 0.312 e. The Morgan fingerprint density at radius 1 is 1.62 bits per heavy atom. The number of aliphatic carboxylic acids is 1. The highest BCUT2D eigenvalue weighted by molar-refractivity contribution is 5.75. The van der Waals surface area contributed by atoms with Crippen LogP contribution in [-0.2, 0) is 4.79 Å². The van der Waals surface area contributed by atoms with Crippen molar-refractivity contribution in [3.63, 3.8) is 0 Å². The third kappa shape index (κ3) is 3.71. The Labute approximate surface area is 78.5 Å². The number of carboxylic acids is 1. The summed E-state index contributed by atoms with van der Waals surface area (Å²) in [6.07, 6.45) is 4.75. The molecule has 0 bridgehead atoms. The van der Waals surface area contributed by atoms with E-state index in [0.29, 0.717) is 12.1 Å². The van der Waals surface area contributed by atoms with Crippen molar-refractivity contribution in [1.29, 1.82) is 0 Å². The lowest BCUT2D eigenvalue weighted by Crippen LogP contribution is -2.27. The van der Waals surface area contributed by atoms with Crippen LogP contribution in [0.2, 0.25) is 0 Å². The first-order chi connectivity index (χ1) is 6.17. The second-order valence-electron chi connectivity index (χ2n) is 2.55. The predicted octanol–water partition coefficient (Wildman–Crippen LogP) is 1.21. The van der Waals surface area contributed by atoms with E-state index in [4.69, 9.17) is 5.11 Å². The van der Waals surface area contributed by atoms with Crippen molar-refractivity contribution >= 4 is 5.97 Å². The Balaban J connectivity index is 4.67. The maximum absolute atomic E-state index is 10.8. The molecule has 0 rings (SSSR count). The zero-order valence-electron chi connectivity index (χ0n) is 7.79. The Morgan fingerprint density at radius 2 is 2.23 bits per heavy atom. The van der Waals surface area contributed by atoms with Crippen molar-refractivity contribution in [2.45, 2.75) is 0 Å². The van der Waals surface area contributed by atoms with E-state index < -0.39 is 11.9 Å². The summed E-state index contributed by atoms with van der Waals surface area (Å²) < 4.78 is 0. The minimum atomic E-state index is -0.859. The van der Waals surface area contributed by atoms with Gasteiger partial charge in [-0.2, -0.15) is 0 Å². The minimum Gasteiger partial charge on any atom is -0.481 e. The molecule has 0 amide bonds. The number of allylic oxidation sites excluding steroid dienone is 3. The van der Waals surface area contributed by atoms with Crippen LogP contribution in [0.4, 0.5) is 0 Å². The maximum atomic E-state index is 10.8. The van der Waals surface area contributed by atoms with Crippen LogP contribution in [0.5, 0.6) is 0 Å². The summed E-state index contributed by atoms with van der Waals surface area (Å²) in [5, 5.41) is 11.7. The van der Waals surface area contributed by atoms with Gasteiger partial charge in [0, 0.05) is 6.54 Å². The summed E-state index contributed by atoms with van der Waals surface area (Å²) in [5.74, 6) is -1.41. The van der Waals surface area contributed by atoms with E-state index >= 15 is 0 Å². The first-order valence-corrected chi connectivity index (χ1v) is 3.99. The van der Waals surface area contributed by atoms with Crippen molar-refractivity contribution in [1.82, 2.24) is 5.32 Å². The average molecular weight is 181 g/mol. The van der Waals surface area contributed by atoms with E-state index in [2.05, 4.69) is 18.5 Å². The van der Waals surface area contributed by atoms with Gasteiger partial charge in [-0.15, -0.1) is 0 Å². The van der Waals surface area contributed by atoms with Crippen LogP contribution >= 0.6 is 0 Å². The molecule has 3 heteroatoms. The number of nitrogens with one attached hydrogen (secondary N) is 1. The van der Waals surface area contributed by atoms with Crippen LogP contribution in [0.1, 0.15) is 0 Å². The Hall–Kier alpha value is -1.35. The molecule has 0 radical (unpaired) electrons. The maximum Gasteiger partial charge on any atom is 0.312 e. The number of hydrogen-bond donors (Lipinski definition) is 2. The molecule has 0 aromatic rings. The summed E-state index contributed by atoms with van der Waals surface area (Å²) >= 11 is 0. The van der Waals surface area contributed by atoms with Gasteiger partial charge in [-0.05, 0) is 12.6 Å². The number of carboxylic acid groups (broad SMARTS) is 1. The van der Waals surface area contributed by atoms with Crippen molar-refractivity contribution < 1.29 is 9.90 Å². The van der Waals surface area contributed by atoms with Gasteiger partial charge < -0.3 is 10.4 Å². The third-order valence-corrected chi connectivity index (χ3v) is 1.65. The fourth-order valence-corrected chi connectivity index (χ4v) is 1.01. The molecule has 0 spiro atoms. The van der Waals surface area contributed by atoms with Crippen molar-refractivity contribution in [2.24, 2.45) is 5.92 Å². The van der Waals surface area contributed by atoms with E-state index in [1.54, 1.807) is 19.2 Å². The molecule has 13 heavy (non-hydrogen) atoms. The van der Waals surface area contributed by atoms with Crippen LogP contribution in [0.3, 0.4) is 0 Å². The van der Waals surface area contributed by atoms with Gasteiger partial charge in [0.1, 0.15) is 0 Å². The lowest BCUT2D eigenvalue weighted by molar-refractivity contribution is -0.140. The lowest BCUT2D eigenvalue weighted by atomic mass is 9.99.